The molecule has 17 heavy (non-hydrogen) atoms. The maximum atomic E-state index is 11.9. The van der Waals surface area contributed by atoms with Crippen molar-refractivity contribution < 1.29 is 27.8 Å². The molecule has 0 saturated carbocycles. The quantitative estimate of drug-likeness (QED) is 0.574. The number of aliphatic hydroxyl groups is 1. The topological polar surface area (TPSA) is 58.6 Å². The first kappa shape index (κ1) is 16.2. The number of aliphatic hydroxyl groups excluding tert-OH is 1. The minimum Gasteiger partial charge on any atom is -0.460 e. The highest BCUT2D eigenvalue weighted by atomic mass is 19.4. The summed E-state index contributed by atoms with van der Waals surface area (Å²) in [5.41, 5.74) is -0.609. The molecule has 0 heterocycles. The van der Waals surface area contributed by atoms with E-state index in [4.69, 9.17) is 9.84 Å². The Labute approximate surface area is 98.1 Å². The van der Waals surface area contributed by atoms with Crippen LogP contribution in [0.4, 0.5) is 13.2 Å². The van der Waals surface area contributed by atoms with Gasteiger partial charge in [-0.05, 0) is 20.8 Å². The number of halogens is 3. The van der Waals surface area contributed by atoms with E-state index < -0.39 is 30.4 Å². The van der Waals surface area contributed by atoms with Crippen LogP contribution in [0, 0.1) is 0 Å². The molecule has 0 aromatic carbocycles. The van der Waals surface area contributed by atoms with E-state index in [1.54, 1.807) is 20.8 Å². The van der Waals surface area contributed by atoms with Gasteiger partial charge in [-0.25, -0.2) is 0 Å². The van der Waals surface area contributed by atoms with Gasteiger partial charge in [0.1, 0.15) is 5.60 Å². The zero-order valence-electron chi connectivity index (χ0n) is 10.1. The first-order valence-electron chi connectivity index (χ1n) is 5.20. The molecule has 0 radical (unpaired) electrons. The number of nitrogens with one attached hydrogen (secondary N) is 1. The zero-order valence-corrected chi connectivity index (χ0v) is 10.1. The molecular weight excluding hydrogens is 239 g/mol. The van der Waals surface area contributed by atoms with Gasteiger partial charge in [0.15, 0.2) is 6.10 Å². The van der Waals surface area contributed by atoms with Crippen molar-refractivity contribution in [2.75, 3.05) is 13.1 Å². The van der Waals surface area contributed by atoms with Gasteiger partial charge in [-0.3, -0.25) is 4.79 Å². The van der Waals surface area contributed by atoms with Crippen molar-refractivity contribution in [1.29, 1.82) is 0 Å². The van der Waals surface area contributed by atoms with Crippen LogP contribution in [-0.2, 0) is 9.53 Å². The van der Waals surface area contributed by atoms with Crippen molar-refractivity contribution in [3.63, 3.8) is 0 Å². The van der Waals surface area contributed by atoms with Gasteiger partial charge in [0, 0.05) is 13.1 Å². The third-order valence-electron chi connectivity index (χ3n) is 1.64. The number of hydrogen-bond donors (Lipinski definition) is 2. The van der Waals surface area contributed by atoms with Crippen molar-refractivity contribution in [2.45, 2.75) is 45.1 Å². The lowest BCUT2D eigenvalue weighted by atomic mass is 10.2. The average molecular weight is 257 g/mol. The molecule has 0 saturated heterocycles. The molecule has 0 aromatic heterocycles. The summed E-state index contributed by atoms with van der Waals surface area (Å²) in [5, 5.41) is 11.0. The molecule has 2 N–H and O–H groups in total. The fourth-order valence-electron chi connectivity index (χ4n) is 0.937. The van der Waals surface area contributed by atoms with E-state index in [2.05, 4.69) is 5.32 Å². The fourth-order valence-corrected chi connectivity index (χ4v) is 0.937. The van der Waals surface area contributed by atoms with Gasteiger partial charge in [0.2, 0.25) is 0 Å². The Kier molecular flexibility index (Phi) is 5.91. The van der Waals surface area contributed by atoms with E-state index >= 15 is 0 Å². The molecule has 0 rings (SSSR count). The van der Waals surface area contributed by atoms with Gasteiger partial charge in [-0.2, -0.15) is 13.2 Å². The summed E-state index contributed by atoms with van der Waals surface area (Å²) in [5.74, 6) is -0.494. The van der Waals surface area contributed by atoms with Crippen molar-refractivity contribution in [3.8, 4) is 0 Å². The summed E-state index contributed by atoms with van der Waals surface area (Å²) < 4.78 is 40.6. The van der Waals surface area contributed by atoms with E-state index in [0.29, 0.717) is 0 Å². The fraction of sp³-hybridized carbons (Fsp3) is 0.900. The van der Waals surface area contributed by atoms with Crippen molar-refractivity contribution >= 4 is 5.97 Å². The van der Waals surface area contributed by atoms with Crippen LogP contribution in [0.15, 0.2) is 0 Å². The molecule has 1 unspecified atom stereocenters. The Morgan fingerprint density at radius 1 is 1.35 bits per heavy atom. The highest BCUT2D eigenvalue weighted by molar-refractivity contribution is 5.70. The maximum Gasteiger partial charge on any atom is 0.415 e. The third-order valence-corrected chi connectivity index (χ3v) is 1.64. The molecule has 0 amide bonds. The molecule has 0 aliphatic rings. The van der Waals surface area contributed by atoms with E-state index in [1.807, 2.05) is 0 Å². The van der Waals surface area contributed by atoms with Gasteiger partial charge in [-0.15, -0.1) is 0 Å². The zero-order chi connectivity index (χ0) is 13.7. The lowest BCUT2D eigenvalue weighted by molar-refractivity contribution is -0.201. The monoisotopic (exact) mass is 257 g/mol. The summed E-state index contributed by atoms with van der Waals surface area (Å²) in [6, 6.07) is 0. The smallest absolute Gasteiger partial charge is 0.415 e. The standard InChI is InChI=1S/C10H18F3NO3/c1-9(2,3)17-8(16)4-5-14-6-7(15)10(11,12)13/h7,14-15H,4-6H2,1-3H3. The number of alkyl halides is 3. The lowest BCUT2D eigenvalue weighted by Gasteiger charge is -2.19. The summed E-state index contributed by atoms with van der Waals surface area (Å²) in [6.45, 7) is 4.50. The number of rotatable bonds is 5. The van der Waals surface area contributed by atoms with Crippen LogP contribution in [0.3, 0.4) is 0 Å². The summed E-state index contributed by atoms with van der Waals surface area (Å²) in [4.78, 5) is 11.2. The van der Waals surface area contributed by atoms with Crippen molar-refractivity contribution in [1.82, 2.24) is 5.32 Å². The highest BCUT2D eigenvalue weighted by Crippen LogP contribution is 2.19. The van der Waals surface area contributed by atoms with Gasteiger partial charge < -0.3 is 15.2 Å². The van der Waals surface area contributed by atoms with Gasteiger partial charge in [0.25, 0.3) is 0 Å². The second-order valence-electron chi connectivity index (χ2n) is 4.60. The molecular formula is C10H18F3NO3. The van der Waals surface area contributed by atoms with Crippen LogP contribution < -0.4 is 5.32 Å². The van der Waals surface area contributed by atoms with E-state index in [9.17, 15) is 18.0 Å². The molecule has 4 nitrogen and oxygen atoms in total. The van der Waals surface area contributed by atoms with E-state index in [1.165, 1.54) is 0 Å². The van der Waals surface area contributed by atoms with Gasteiger partial charge in [0.05, 0.1) is 6.42 Å². The van der Waals surface area contributed by atoms with E-state index in [-0.39, 0.29) is 13.0 Å². The molecule has 0 fully saturated rings. The predicted octanol–water partition coefficient (Wildman–Crippen LogP) is 1.23. The van der Waals surface area contributed by atoms with Crippen LogP contribution in [0.1, 0.15) is 27.2 Å². The second-order valence-corrected chi connectivity index (χ2v) is 4.60. The Hall–Kier alpha value is -0.820. The first-order valence-corrected chi connectivity index (χ1v) is 5.20. The average Bonchev–Trinajstić information content (AvgIpc) is 2.07. The minimum atomic E-state index is -4.64. The molecule has 7 heteroatoms. The second kappa shape index (κ2) is 6.20. The number of ether oxygens (including phenoxy) is 1. The molecule has 0 aromatic rings. The van der Waals surface area contributed by atoms with Crippen LogP contribution in [0.5, 0.6) is 0 Å². The number of carbonyl (C=O) groups excluding carboxylic acids is 1. The number of esters is 1. The summed E-state index contributed by atoms with van der Waals surface area (Å²) >= 11 is 0. The molecule has 0 aliphatic carbocycles. The normalized spacial score (nSPS) is 14.5. The summed E-state index contributed by atoms with van der Waals surface area (Å²) in [7, 11) is 0. The first-order chi connectivity index (χ1) is 7.52. The Bertz CT molecular complexity index is 248. The molecule has 0 spiro atoms. The van der Waals surface area contributed by atoms with Crippen LogP contribution in [-0.4, -0.2) is 42.0 Å². The highest BCUT2D eigenvalue weighted by Gasteiger charge is 2.37. The third kappa shape index (κ3) is 8.93. The largest absolute Gasteiger partial charge is 0.460 e. The Morgan fingerprint density at radius 3 is 2.29 bits per heavy atom. The number of carbonyl (C=O) groups is 1. The van der Waals surface area contributed by atoms with E-state index in [0.717, 1.165) is 0 Å². The molecule has 0 bridgehead atoms. The van der Waals surface area contributed by atoms with Crippen LogP contribution in [0.2, 0.25) is 0 Å². The van der Waals surface area contributed by atoms with Crippen LogP contribution >= 0.6 is 0 Å². The summed E-state index contributed by atoms with van der Waals surface area (Å²) in [6.07, 6.45) is -7.10. The predicted molar refractivity (Wildman–Crippen MR) is 55.4 cm³/mol. The minimum absolute atomic E-state index is 0.0298. The van der Waals surface area contributed by atoms with Gasteiger partial charge >= 0.3 is 12.1 Å². The lowest BCUT2D eigenvalue weighted by Crippen LogP contribution is -2.39. The molecule has 102 valence electrons. The van der Waals surface area contributed by atoms with Crippen LogP contribution in [0.25, 0.3) is 0 Å². The SMILES string of the molecule is CC(C)(C)OC(=O)CCNCC(O)C(F)(F)F. The van der Waals surface area contributed by atoms with Gasteiger partial charge in [-0.1, -0.05) is 0 Å². The van der Waals surface area contributed by atoms with Crippen molar-refractivity contribution in [2.24, 2.45) is 0 Å². The Morgan fingerprint density at radius 2 is 1.88 bits per heavy atom. The molecule has 0 aliphatic heterocycles. The number of hydrogen-bond acceptors (Lipinski definition) is 4. The maximum absolute atomic E-state index is 11.9. The molecule has 1 atom stereocenters. The Balaban J connectivity index is 3.69. The van der Waals surface area contributed by atoms with Crippen molar-refractivity contribution in [3.05, 3.63) is 0 Å².